The van der Waals surface area contributed by atoms with E-state index in [2.05, 4.69) is 29.8 Å². The van der Waals surface area contributed by atoms with E-state index in [1.807, 2.05) is 0 Å². The zero-order chi connectivity index (χ0) is 6.20. The fraction of sp³-hybridized carbons (Fsp3) is 1.00. The van der Waals surface area contributed by atoms with Gasteiger partial charge in [-0.1, -0.05) is 15.9 Å². The van der Waals surface area contributed by atoms with Gasteiger partial charge in [-0.15, -0.1) is 0 Å². The Morgan fingerprint density at radius 3 is 2.38 bits per heavy atom. The van der Waals surface area contributed by atoms with E-state index in [-0.39, 0.29) is 5.60 Å². The quantitative estimate of drug-likeness (QED) is 0.559. The van der Waals surface area contributed by atoms with Crippen LogP contribution in [0.25, 0.3) is 0 Å². The molecule has 1 aliphatic rings. The Morgan fingerprint density at radius 1 is 1.75 bits per heavy atom. The van der Waals surface area contributed by atoms with Crippen molar-refractivity contribution in [3.8, 4) is 0 Å². The minimum atomic E-state index is 0.165. The molecule has 0 radical (unpaired) electrons. The second-order valence-corrected chi connectivity index (χ2v) is 3.51. The van der Waals surface area contributed by atoms with Gasteiger partial charge in [0.15, 0.2) is 0 Å². The molecular weight excluding hydrogens is 168 g/mol. The largest absolute Gasteiger partial charge is 0.371 e. The van der Waals surface area contributed by atoms with Crippen molar-refractivity contribution < 1.29 is 4.74 Å². The van der Waals surface area contributed by atoms with Gasteiger partial charge in [-0.2, -0.15) is 0 Å². The van der Waals surface area contributed by atoms with Crippen molar-refractivity contribution in [2.45, 2.75) is 32.0 Å². The summed E-state index contributed by atoms with van der Waals surface area (Å²) in [7, 11) is 0. The Bertz CT molecular complexity index is 82.5. The lowest BCUT2D eigenvalue weighted by Gasteiger charge is -2.42. The topological polar surface area (TPSA) is 9.23 Å². The minimum absolute atomic E-state index is 0.165. The molecule has 0 N–H and O–H groups in total. The van der Waals surface area contributed by atoms with E-state index in [1.165, 1.54) is 6.42 Å². The molecule has 8 heavy (non-hydrogen) atoms. The molecule has 1 aliphatic heterocycles. The Hall–Kier alpha value is 0.440. The second kappa shape index (κ2) is 1.99. The van der Waals surface area contributed by atoms with Gasteiger partial charge in [-0.05, 0) is 13.8 Å². The number of rotatable bonds is 1. The third-order valence-electron chi connectivity index (χ3n) is 1.38. The molecule has 0 aromatic carbocycles. The standard InChI is InChI=1S/C6H11BrO/c1-6(2)3-5(4-7)8-6/h5H,3-4H2,1-2H3/t5-/m1/s1. The normalized spacial score (nSPS) is 34.1. The van der Waals surface area contributed by atoms with Crippen LogP contribution < -0.4 is 0 Å². The summed E-state index contributed by atoms with van der Waals surface area (Å²) in [6.45, 7) is 4.23. The van der Waals surface area contributed by atoms with Crippen molar-refractivity contribution >= 4 is 15.9 Å². The number of alkyl halides is 1. The van der Waals surface area contributed by atoms with Crippen molar-refractivity contribution in [1.29, 1.82) is 0 Å². The van der Waals surface area contributed by atoms with Gasteiger partial charge in [0.1, 0.15) is 0 Å². The van der Waals surface area contributed by atoms with Gasteiger partial charge in [0, 0.05) is 11.8 Å². The lowest BCUT2D eigenvalue weighted by atomic mass is 9.94. The van der Waals surface area contributed by atoms with E-state index >= 15 is 0 Å². The first-order valence-corrected chi connectivity index (χ1v) is 4.00. The fourth-order valence-corrected chi connectivity index (χ4v) is 1.44. The number of ether oxygens (including phenoxy) is 1. The summed E-state index contributed by atoms with van der Waals surface area (Å²) in [5, 5.41) is 0.983. The van der Waals surface area contributed by atoms with Crippen LogP contribution in [-0.4, -0.2) is 17.0 Å². The highest BCUT2D eigenvalue weighted by Crippen LogP contribution is 2.32. The molecule has 0 unspecified atom stereocenters. The van der Waals surface area contributed by atoms with Crippen molar-refractivity contribution in [2.75, 3.05) is 5.33 Å². The summed E-state index contributed by atoms with van der Waals surface area (Å²) in [5.74, 6) is 0. The molecule has 0 spiro atoms. The van der Waals surface area contributed by atoms with Gasteiger partial charge in [-0.3, -0.25) is 0 Å². The predicted octanol–water partition coefficient (Wildman–Crippen LogP) is 1.95. The molecule has 1 nitrogen and oxygen atoms in total. The number of hydrogen-bond donors (Lipinski definition) is 0. The zero-order valence-electron chi connectivity index (χ0n) is 5.28. The maximum absolute atomic E-state index is 5.43. The molecule has 1 fully saturated rings. The van der Waals surface area contributed by atoms with E-state index in [0.717, 1.165) is 5.33 Å². The molecule has 0 aromatic heterocycles. The van der Waals surface area contributed by atoms with E-state index in [1.54, 1.807) is 0 Å². The van der Waals surface area contributed by atoms with Crippen LogP contribution in [0.15, 0.2) is 0 Å². The average Bonchev–Trinajstić information content (AvgIpc) is 1.60. The van der Waals surface area contributed by atoms with Gasteiger partial charge in [-0.25, -0.2) is 0 Å². The van der Waals surface area contributed by atoms with Crippen LogP contribution in [0.1, 0.15) is 20.3 Å². The van der Waals surface area contributed by atoms with E-state index < -0.39 is 0 Å². The molecule has 0 aromatic rings. The Kier molecular flexibility index (Phi) is 1.63. The molecule has 0 aliphatic carbocycles. The van der Waals surface area contributed by atoms with Gasteiger partial charge >= 0.3 is 0 Å². The van der Waals surface area contributed by atoms with Crippen LogP contribution in [0.5, 0.6) is 0 Å². The van der Waals surface area contributed by atoms with E-state index in [9.17, 15) is 0 Å². The number of hydrogen-bond acceptors (Lipinski definition) is 1. The van der Waals surface area contributed by atoms with Crippen LogP contribution in [-0.2, 0) is 4.74 Å². The summed E-state index contributed by atoms with van der Waals surface area (Å²) >= 11 is 3.35. The molecule has 48 valence electrons. The second-order valence-electron chi connectivity index (χ2n) is 2.86. The third-order valence-corrected chi connectivity index (χ3v) is 2.10. The maximum Gasteiger partial charge on any atom is 0.0706 e. The molecule has 0 amide bonds. The Morgan fingerprint density at radius 2 is 2.25 bits per heavy atom. The average molecular weight is 179 g/mol. The first-order chi connectivity index (χ1) is 3.64. The first kappa shape index (κ1) is 6.56. The maximum atomic E-state index is 5.43. The monoisotopic (exact) mass is 178 g/mol. The lowest BCUT2D eigenvalue weighted by Crippen LogP contribution is -2.46. The molecule has 0 saturated carbocycles. The van der Waals surface area contributed by atoms with Crippen molar-refractivity contribution in [2.24, 2.45) is 0 Å². The lowest BCUT2D eigenvalue weighted by molar-refractivity contribution is -0.172. The highest BCUT2D eigenvalue weighted by atomic mass is 79.9. The highest BCUT2D eigenvalue weighted by Gasteiger charge is 2.35. The number of halogens is 1. The summed E-state index contributed by atoms with van der Waals surface area (Å²) in [6, 6.07) is 0. The summed E-state index contributed by atoms with van der Waals surface area (Å²) in [4.78, 5) is 0. The van der Waals surface area contributed by atoms with Crippen molar-refractivity contribution in [3.05, 3.63) is 0 Å². The first-order valence-electron chi connectivity index (χ1n) is 2.88. The summed E-state index contributed by atoms with van der Waals surface area (Å²) < 4.78 is 5.43. The molecule has 1 atom stereocenters. The zero-order valence-corrected chi connectivity index (χ0v) is 6.86. The van der Waals surface area contributed by atoms with Gasteiger partial charge in [0.25, 0.3) is 0 Å². The van der Waals surface area contributed by atoms with Gasteiger partial charge in [0.05, 0.1) is 11.7 Å². The van der Waals surface area contributed by atoms with E-state index in [4.69, 9.17) is 4.74 Å². The van der Waals surface area contributed by atoms with Crippen LogP contribution in [0, 0.1) is 0 Å². The Labute approximate surface area is 58.5 Å². The van der Waals surface area contributed by atoms with E-state index in [0.29, 0.717) is 6.10 Å². The van der Waals surface area contributed by atoms with Crippen molar-refractivity contribution in [3.63, 3.8) is 0 Å². The fourth-order valence-electron chi connectivity index (χ4n) is 1.08. The third kappa shape index (κ3) is 1.23. The summed E-state index contributed by atoms with van der Waals surface area (Å²) in [5.41, 5.74) is 0.165. The molecule has 1 heterocycles. The SMILES string of the molecule is CC1(C)C[C@H](CBr)O1. The minimum Gasteiger partial charge on any atom is -0.371 e. The van der Waals surface area contributed by atoms with Gasteiger partial charge in [0.2, 0.25) is 0 Å². The van der Waals surface area contributed by atoms with Gasteiger partial charge < -0.3 is 4.74 Å². The summed E-state index contributed by atoms with van der Waals surface area (Å²) in [6.07, 6.45) is 1.67. The van der Waals surface area contributed by atoms with Crippen LogP contribution in [0.4, 0.5) is 0 Å². The molecule has 0 bridgehead atoms. The predicted molar refractivity (Wildman–Crippen MR) is 37.4 cm³/mol. The Balaban J connectivity index is 2.21. The van der Waals surface area contributed by atoms with Crippen molar-refractivity contribution in [1.82, 2.24) is 0 Å². The molecule has 1 rings (SSSR count). The van der Waals surface area contributed by atoms with Crippen LogP contribution >= 0.6 is 15.9 Å². The molecule has 2 heteroatoms. The highest BCUT2D eigenvalue weighted by molar-refractivity contribution is 9.09. The van der Waals surface area contributed by atoms with Crippen LogP contribution in [0.2, 0.25) is 0 Å². The molecule has 1 saturated heterocycles. The smallest absolute Gasteiger partial charge is 0.0706 e. The van der Waals surface area contributed by atoms with Crippen LogP contribution in [0.3, 0.4) is 0 Å². The molecular formula is C6H11BrO.